The monoisotopic (exact) mass is 218 g/mol. The van der Waals surface area contributed by atoms with Crippen molar-refractivity contribution in [3.8, 4) is 23.8 Å². The fourth-order valence-corrected chi connectivity index (χ4v) is 1.76. The summed E-state index contributed by atoms with van der Waals surface area (Å²) in [5.74, 6) is 3.57. The number of benzene rings is 1. The summed E-state index contributed by atoms with van der Waals surface area (Å²) in [4.78, 5) is 0. The minimum absolute atomic E-state index is 0.537. The van der Waals surface area contributed by atoms with E-state index < -0.39 is 13.2 Å². The third-order valence-corrected chi connectivity index (χ3v) is 2.55. The molecule has 1 aliphatic heterocycles. The van der Waals surface area contributed by atoms with Gasteiger partial charge in [0.25, 0.3) is 0 Å². The molecule has 5 heteroatoms. The Labute approximate surface area is 94.3 Å². The van der Waals surface area contributed by atoms with Crippen molar-refractivity contribution >= 4 is 12.6 Å². The molecule has 0 fully saturated rings. The van der Waals surface area contributed by atoms with Crippen LogP contribution in [0.4, 0.5) is 0 Å². The van der Waals surface area contributed by atoms with Crippen molar-refractivity contribution in [1.29, 1.82) is 0 Å². The Morgan fingerprint density at radius 3 is 2.56 bits per heavy atom. The summed E-state index contributed by atoms with van der Waals surface area (Å²) >= 11 is 0. The quantitative estimate of drug-likeness (QED) is 0.564. The Kier molecular flexibility index (Phi) is 2.78. The molecule has 0 aromatic heterocycles. The van der Waals surface area contributed by atoms with Crippen LogP contribution in [0.1, 0.15) is 11.7 Å². The molecular formula is C11H11BO4. The maximum absolute atomic E-state index is 9.65. The van der Waals surface area contributed by atoms with Crippen molar-refractivity contribution in [3.05, 3.63) is 17.7 Å². The third kappa shape index (κ3) is 1.52. The zero-order chi connectivity index (χ0) is 11.7. The maximum atomic E-state index is 9.65. The molecule has 4 nitrogen and oxygen atoms in total. The average molecular weight is 218 g/mol. The second-order valence-electron chi connectivity index (χ2n) is 3.37. The summed E-state index contributed by atoms with van der Waals surface area (Å²) in [6, 6.07) is 3.41. The van der Waals surface area contributed by atoms with Gasteiger partial charge in [-0.1, -0.05) is 5.92 Å². The van der Waals surface area contributed by atoms with Gasteiger partial charge in [-0.2, -0.15) is 0 Å². The van der Waals surface area contributed by atoms with Crippen molar-refractivity contribution in [1.82, 2.24) is 0 Å². The van der Waals surface area contributed by atoms with Gasteiger partial charge in [0.15, 0.2) is 11.5 Å². The van der Waals surface area contributed by atoms with Gasteiger partial charge in [-0.15, -0.1) is 6.42 Å². The molecule has 1 atom stereocenters. The van der Waals surface area contributed by atoms with Crippen LogP contribution in [-0.4, -0.2) is 26.4 Å². The van der Waals surface area contributed by atoms with Gasteiger partial charge >= 0.3 is 7.12 Å². The summed E-state index contributed by atoms with van der Waals surface area (Å²) in [5.41, 5.74) is 1.37. The van der Waals surface area contributed by atoms with E-state index >= 15 is 0 Å². The molecule has 0 amide bonds. The summed E-state index contributed by atoms with van der Waals surface area (Å²) in [5, 5.41) is 9.65. The van der Waals surface area contributed by atoms with Gasteiger partial charge in [0.05, 0.1) is 14.2 Å². The van der Waals surface area contributed by atoms with Crippen LogP contribution in [0.2, 0.25) is 0 Å². The molecule has 1 N–H and O–H groups in total. The molecule has 16 heavy (non-hydrogen) atoms. The number of terminal acetylenes is 1. The van der Waals surface area contributed by atoms with Gasteiger partial charge in [-0.3, -0.25) is 0 Å². The lowest BCUT2D eigenvalue weighted by Gasteiger charge is -2.10. The van der Waals surface area contributed by atoms with Crippen molar-refractivity contribution in [3.63, 3.8) is 0 Å². The maximum Gasteiger partial charge on any atom is 0.492 e. The molecule has 1 unspecified atom stereocenters. The van der Waals surface area contributed by atoms with Crippen LogP contribution in [0, 0.1) is 12.3 Å². The highest BCUT2D eigenvalue weighted by Crippen LogP contribution is 2.33. The molecule has 82 valence electrons. The van der Waals surface area contributed by atoms with E-state index in [0.29, 0.717) is 17.0 Å². The third-order valence-electron chi connectivity index (χ3n) is 2.55. The average Bonchev–Trinajstić information content (AvgIpc) is 2.63. The smallest absolute Gasteiger partial charge is 0.492 e. The first-order chi connectivity index (χ1) is 7.71. The van der Waals surface area contributed by atoms with Crippen LogP contribution in [0.3, 0.4) is 0 Å². The topological polar surface area (TPSA) is 47.9 Å². The van der Waals surface area contributed by atoms with Gasteiger partial charge in [-0.05, 0) is 23.2 Å². The van der Waals surface area contributed by atoms with E-state index in [2.05, 4.69) is 5.92 Å². The molecule has 0 aliphatic carbocycles. The first-order valence-electron chi connectivity index (χ1n) is 4.76. The lowest BCUT2D eigenvalue weighted by molar-refractivity contribution is 0.241. The predicted octanol–water partition coefficient (Wildman–Crippen LogP) is 0.0958. The Morgan fingerprint density at radius 1 is 1.38 bits per heavy atom. The molecule has 1 aromatic carbocycles. The lowest BCUT2D eigenvalue weighted by Crippen LogP contribution is -2.28. The van der Waals surface area contributed by atoms with Gasteiger partial charge < -0.3 is 19.2 Å². The molecule has 1 aliphatic rings. The summed E-state index contributed by atoms with van der Waals surface area (Å²) in [7, 11) is 2.07. The van der Waals surface area contributed by atoms with E-state index in [9.17, 15) is 5.02 Å². The molecule has 2 rings (SSSR count). The van der Waals surface area contributed by atoms with Crippen molar-refractivity contribution in [2.75, 3.05) is 14.2 Å². The number of fused-ring (bicyclic) bond motifs is 1. The highest BCUT2D eigenvalue weighted by atomic mass is 16.5. The molecule has 0 spiro atoms. The van der Waals surface area contributed by atoms with Gasteiger partial charge in [0, 0.05) is 0 Å². The fraction of sp³-hybridized carbons (Fsp3) is 0.273. The predicted molar refractivity (Wildman–Crippen MR) is 59.8 cm³/mol. The molecular weight excluding hydrogens is 207 g/mol. The van der Waals surface area contributed by atoms with E-state index in [-0.39, 0.29) is 0 Å². The van der Waals surface area contributed by atoms with Crippen molar-refractivity contribution in [2.24, 2.45) is 0 Å². The van der Waals surface area contributed by atoms with Crippen LogP contribution in [0.25, 0.3) is 0 Å². The number of hydrogen-bond donors (Lipinski definition) is 1. The molecule has 0 saturated carbocycles. The van der Waals surface area contributed by atoms with E-state index in [1.54, 1.807) is 19.2 Å². The summed E-state index contributed by atoms with van der Waals surface area (Å²) < 4.78 is 15.5. The Bertz CT molecular complexity index is 452. The van der Waals surface area contributed by atoms with Gasteiger partial charge in [0.1, 0.15) is 6.10 Å². The molecule has 0 bridgehead atoms. The number of methoxy groups -OCH3 is 2. The molecule has 0 radical (unpaired) electrons. The van der Waals surface area contributed by atoms with E-state index in [1.807, 2.05) is 0 Å². The number of rotatable bonds is 2. The minimum atomic E-state index is -1.00. The van der Waals surface area contributed by atoms with E-state index in [0.717, 1.165) is 5.56 Å². The minimum Gasteiger partial charge on any atom is -0.493 e. The lowest BCUT2D eigenvalue weighted by atomic mass is 9.79. The second kappa shape index (κ2) is 4.09. The SMILES string of the molecule is C#CC1OB(O)c2cc(OC)c(OC)cc21. The molecule has 1 heterocycles. The van der Waals surface area contributed by atoms with Gasteiger partial charge in [-0.25, -0.2) is 0 Å². The summed E-state index contributed by atoms with van der Waals surface area (Å²) in [6.45, 7) is 0. The molecule has 0 saturated heterocycles. The standard InChI is InChI=1S/C11H11BO4/c1-4-9-7-5-10(14-2)11(15-3)6-8(7)12(13)16-9/h1,5-6,9,13H,2-3H3. The zero-order valence-electron chi connectivity index (χ0n) is 9.06. The van der Waals surface area contributed by atoms with Crippen LogP contribution in [-0.2, 0) is 4.65 Å². The summed E-state index contributed by atoms with van der Waals surface area (Å²) in [6.07, 6.45) is 4.78. The first-order valence-corrected chi connectivity index (χ1v) is 4.76. The van der Waals surface area contributed by atoms with Crippen LogP contribution in [0.15, 0.2) is 12.1 Å². The number of ether oxygens (including phenoxy) is 2. The van der Waals surface area contributed by atoms with Crippen LogP contribution < -0.4 is 14.9 Å². The van der Waals surface area contributed by atoms with E-state index in [1.165, 1.54) is 7.11 Å². The van der Waals surface area contributed by atoms with Crippen molar-refractivity contribution < 1.29 is 19.2 Å². The Balaban J connectivity index is 2.55. The first kappa shape index (κ1) is 10.9. The van der Waals surface area contributed by atoms with Crippen molar-refractivity contribution in [2.45, 2.75) is 6.10 Å². The number of hydrogen-bond acceptors (Lipinski definition) is 4. The Morgan fingerprint density at radius 2 is 2.00 bits per heavy atom. The normalized spacial score (nSPS) is 17.9. The Hall–Kier alpha value is -1.64. The zero-order valence-corrected chi connectivity index (χ0v) is 9.06. The highest BCUT2D eigenvalue weighted by molar-refractivity contribution is 6.62. The molecule has 1 aromatic rings. The van der Waals surface area contributed by atoms with E-state index in [4.69, 9.17) is 20.6 Å². The fourth-order valence-electron chi connectivity index (χ4n) is 1.76. The second-order valence-corrected chi connectivity index (χ2v) is 3.37. The largest absolute Gasteiger partial charge is 0.493 e. The highest BCUT2D eigenvalue weighted by Gasteiger charge is 2.35. The van der Waals surface area contributed by atoms with Crippen LogP contribution >= 0.6 is 0 Å². The van der Waals surface area contributed by atoms with Crippen LogP contribution in [0.5, 0.6) is 11.5 Å². The van der Waals surface area contributed by atoms with Gasteiger partial charge in [0.2, 0.25) is 0 Å².